The lowest BCUT2D eigenvalue weighted by molar-refractivity contribution is 0.0467. The first-order valence-electron chi connectivity index (χ1n) is 12.9. The van der Waals surface area contributed by atoms with Gasteiger partial charge in [-0.15, -0.1) is 0 Å². The molecule has 192 valence electrons. The van der Waals surface area contributed by atoms with Crippen molar-refractivity contribution in [1.29, 1.82) is 0 Å². The summed E-state index contributed by atoms with van der Waals surface area (Å²) in [6.07, 6.45) is 3.10. The topological polar surface area (TPSA) is 56.8 Å². The molecule has 0 saturated carbocycles. The molecule has 0 aliphatic carbocycles. The molecule has 0 amide bonds. The van der Waals surface area contributed by atoms with Gasteiger partial charge in [0.2, 0.25) is 0 Å². The second-order valence-corrected chi connectivity index (χ2v) is 9.15. The minimum atomic E-state index is -0.415. The molecule has 5 nitrogen and oxygen atoms in total. The van der Waals surface area contributed by atoms with Crippen LogP contribution in [0.4, 0.5) is 5.69 Å². The van der Waals surface area contributed by atoms with Crippen LogP contribution in [0.3, 0.4) is 0 Å². The number of anilines is 1. The highest BCUT2D eigenvalue weighted by molar-refractivity contribution is 5.93. The van der Waals surface area contributed by atoms with E-state index >= 15 is 0 Å². The van der Waals surface area contributed by atoms with Crippen LogP contribution in [-0.2, 0) is 29.2 Å². The maximum absolute atomic E-state index is 13.0. The van der Waals surface area contributed by atoms with Crippen LogP contribution in [0.15, 0.2) is 109 Å². The molecule has 38 heavy (non-hydrogen) atoms. The van der Waals surface area contributed by atoms with E-state index in [-0.39, 0.29) is 6.61 Å². The summed E-state index contributed by atoms with van der Waals surface area (Å²) < 4.78 is 17.1. The van der Waals surface area contributed by atoms with Crippen LogP contribution in [0.1, 0.15) is 39.0 Å². The summed E-state index contributed by atoms with van der Waals surface area (Å²) in [6.45, 7) is 2.67. The predicted octanol–water partition coefficient (Wildman–Crippen LogP) is 7.04. The number of carbonyl (C=O) groups is 1. The Kier molecular flexibility index (Phi) is 8.49. The van der Waals surface area contributed by atoms with Crippen LogP contribution < -0.4 is 10.1 Å². The van der Waals surface area contributed by atoms with Crippen molar-refractivity contribution in [3.63, 3.8) is 0 Å². The number of esters is 1. The van der Waals surface area contributed by atoms with Crippen LogP contribution in [0.25, 0.3) is 5.57 Å². The predicted molar refractivity (Wildman–Crippen MR) is 150 cm³/mol. The van der Waals surface area contributed by atoms with Gasteiger partial charge in [-0.3, -0.25) is 0 Å². The Bertz CT molecular complexity index is 1370. The molecule has 1 heterocycles. The monoisotopic (exact) mass is 505 g/mol. The van der Waals surface area contributed by atoms with Crippen molar-refractivity contribution in [2.45, 2.75) is 26.2 Å². The van der Waals surface area contributed by atoms with Crippen LogP contribution in [0.2, 0.25) is 0 Å². The van der Waals surface area contributed by atoms with E-state index in [9.17, 15) is 4.79 Å². The fraction of sp³-hybridized carbons (Fsp3) is 0.182. The van der Waals surface area contributed by atoms with E-state index in [1.807, 2.05) is 72.8 Å². The van der Waals surface area contributed by atoms with Crippen molar-refractivity contribution in [2.75, 3.05) is 18.5 Å². The maximum atomic E-state index is 13.0. The van der Waals surface area contributed by atoms with Crippen LogP contribution in [0.5, 0.6) is 5.75 Å². The highest BCUT2D eigenvalue weighted by Crippen LogP contribution is 2.27. The van der Waals surface area contributed by atoms with E-state index in [4.69, 9.17) is 14.2 Å². The summed E-state index contributed by atoms with van der Waals surface area (Å²) in [5.74, 6) is 0.0696. The highest BCUT2D eigenvalue weighted by atomic mass is 16.5. The molecule has 1 aliphatic rings. The first-order chi connectivity index (χ1) is 18.7. The van der Waals surface area contributed by atoms with Gasteiger partial charge in [-0.25, -0.2) is 4.79 Å². The Morgan fingerprint density at radius 3 is 2.18 bits per heavy atom. The summed E-state index contributed by atoms with van der Waals surface area (Å²) in [6, 6.07) is 33.6. The molecule has 0 atom stereocenters. The molecule has 1 N–H and O–H groups in total. The SMILES string of the molecule is O=C(OCc1ccccc1)c1ccc(NCc2ccc(C3=CCOCC3)cc2)cc1OCc1ccccc1. The lowest BCUT2D eigenvalue weighted by Gasteiger charge is -2.15. The van der Waals surface area contributed by atoms with Gasteiger partial charge in [0.05, 0.1) is 13.2 Å². The molecule has 0 unspecified atom stereocenters. The Hall–Kier alpha value is -4.35. The maximum Gasteiger partial charge on any atom is 0.342 e. The average molecular weight is 506 g/mol. The molecule has 5 heteroatoms. The summed E-state index contributed by atoms with van der Waals surface area (Å²) in [4.78, 5) is 13.0. The fourth-order valence-electron chi connectivity index (χ4n) is 4.29. The van der Waals surface area contributed by atoms with Crippen LogP contribution >= 0.6 is 0 Å². The van der Waals surface area contributed by atoms with Crippen molar-refractivity contribution in [1.82, 2.24) is 0 Å². The normalized spacial score (nSPS) is 12.9. The molecule has 0 radical (unpaired) electrons. The van der Waals surface area contributed by atoms with Crippen molar-refractivity contribution in [2.24, 2.45) is 0 Å². The Balaban J connectivity index is 1.27. The van der Waals surface area contributed by atoms with Gasteiger partial charge in [0.15, 0.2) is 0 Å². The number of nitrogens with one attached hydrogen (secondary N) is 1. The van der Waals surface area contributed by atoms with Gasteiger partial charge in [-0.1, -0.05) is 91.0 Å². The van der Waals surface area contributed by atoms with Gasteiger partial charge in [-0.2, -0.15) is 0 Å². The van der Waals surface area contributed by atoms with Crippen molar-refractivity contribution in [3.8, 4) is 5.75 Å². The molecule has 0 bridgehead atoms. The second-order valence-electron chi connectivity index (χ2n) is 9.15. The van der Waals surface area contributed by atoms with Gasteiger partial charge in [0.25, 0.3) is 0 Å². The standard InChI is InChI=1S/C33H31NO4/c35-33(38-24-27-9-5-2-6-10-27)31-16-15-30(21-32(31)37-23-26-7-3-1-4-8-26)34-22-25-11-13-28(14-12-25)29-17-19-36-20-18-29/h1-17,21,34H,18-20,22-24H2. The molecular formula is C33H31NO4. The zero-order valence-corrected chi connectivity index (χ0v) is 21.3. The molecule has 4 aromatic carbocycles. The van der Waals surface area contributed by atoms with E-state index in [0.29, 0.717) is 31.1 Å². The highest BCUT2D eigenvalue weighted by Gasteiger charge is 2.16. The minimum Gasteiger partial charge on any atom is -0.488 e. The lowest BCUT2D eigenvalue weighted by Crippen LogP contribution is -2.09. The second kappa shape index (κ2) is 12.7. The van der Waals surface area contributed by atoms with Gasteiger partial charge in [0, 0.05) is 18.3 Å². The first-order valence-corrected chi connectivity index (χ1v) is 12.9. The molecule has 5 rings (SSSR count). The molecule has 0 saturated heterocycles. The van der Waals surface area contributed by atoms with E-state index in [1.165, 1.54) is 16.7 Å². The van der Waals surface area contributed by atoms with Gasteiger partial charge in [-0.05, 0) is 46.4 Å². The third kappa shape index (κ3) is 6.90. The third-order valence-corrected chi connectivity index (χ3v) is 6.44. The number of benzene rings is 4. The average Bonchev–Trinajstić information content (AvgIpc) is 2.99. The third-order valence-electron chi connectivity index (χ3n) is 6.44. The van der Waals surface area contributed by atoms with E-state index in [2.05, 4.69) is 35.7 Å². The summed E-state index contributed by atoms with van der Waals surface area (Å²) >= 11 is 0. The molecule has 4 aromatic rings. The van der Waals surface area contributed by atoms with Crippen molar-refractivity contribution in [3.05, 3.63) is 137 Å². The van der Waals surface area contributed by atoms with Crippen molar-refractivity contribution >= 4 is 17.2 Å². The van der Waals surface area contributed by atoms with E-state index in [0.717, 1.165) is 29.8 Å². The molecule has 0 spiro atoms. The minimum absolute atomic E-state index is 0.206. The summed E-state index contributed by atoms with van der Waals surface area (Å²) in [5, 5.41) is 3.46. The van der Waals surface area contributed by atoms with E-state index in [1.54, 1.807) is 6.07 Å². The fourth-order valence-corrected chi connectivity index (χ4v) is 4.29. The van der Waals surface area contributed by atoms with Crippen molar-refractivity contribution < 1.29 is 19.0 Å². The van der Waals surface area contributed by atoms with Gasteiger partial charge >= 0.3 is 5.97 Å². The van der Waals surface area contributed by atoms with Gasteiger partial charge in [0.1, 0.15) is 24.5 Å². The molecular weight excluding hydrogens is 474 g/mol. The summed E-state index contributed by atoms with van der Waals surface area (Å²) in [5.41, 5.74) is 6.97. The van der Waals surface area contributed by atoms with Gasteiger partial charge < -0.3 is 19.5 Å². The lowest BCUT2D eigenvalue weighted by atomic mass is 10.0. The quantitative estimate of drug-likeness (QED) is 0.234. The smallest absolute Gasteiger partial charge is 0.342 e. The zero-order valence-electron chi connectivity index (χ0n) is 21.3. The zero-order chi connectivity index (χ0) is 26.0. The van der Waals surface area contributed by atoms with Crippen LogP contribution in [-0.4, -0.2) is 19.2 Å². The summed E-state index contributed by atoms with van der Waals surface area (Å²) in [7, 11) is 0. The number of rotatable bonds is 10. The molecule has 1 aliphatic heterocycles. The number of ether oxygens (including phenoxy) is 3. The molecule has 0 aromatic heterocycles. The number of hydrogen-bond acceptors (Lipinski definition) is 5. The Labute approximate surface area is 223 Å². The van der Waals surface area contributed by atoms with Crippen LogP contribution in [0, 0.1) is 0 Å². The number of hydrogen-bond donors (Lipinski definition) is 1. The van der Waals surface area contributed by atoms with E-state index < -0.39 is 5.97 Å². The first kappa shape index (κ1) is 25.3. The molecule has 0 fully saturated rings. The number of carbonyl (C=O) groups excluding carboxylic acids is 1. The Morgan fingerprint density at radius 1 is 0.789 bits per heavy atom. The Morgan fingerprint density at radius 2 is 1.50 bits per heavy atom. The largest absolute Gasteiger partial charge is 0.488 e.